The van der Waals surface area contributed by atoms with Crippen LogP contribution in [0.3, 0.4) is 0 Å². The van der Waals surface area contributed by atoms with E-state index in [1.165, 1.54) is 231 Å². The Balaban J connectivity index is 1.01. The van der Waals surface area contributed by atoms with E-state index in [4.69, 9.17) is 28.4 Å². The zero-order valence-electron chi connectivity index (χ0n) is 44.3. The molecule has 9 heteroatoms. The molecule has 0 amide bonds. The number of unbranched alkanes of at least 4 members (excludes halogenated alkanes) is 33. The first kappa shape index (κ1) is 56.2. The lowest BCUT2D eigenvalue weighted by molar-refractivity contribution is 0.0826. The molecule has 6 nitrogen and oxygen atoms in total. The molecule has 3 atom stereocenters. The Morgan fingerprint density at radius 1 is 0.319 bits per heavy atom. The third kappa shape index (κ3) is 19.7. The van der Waals surface area contributed by atoms with E-state index < -0.39 is 0 Å². The Labute approximate surface area is 434 Å². The lowest BCUT2D eigenvalue weighted by atomic mass is 10.0. The minimum atomic E-state index is 0.0338. The average molecular weight is 1010 g/mol. The molecule has 0 radical (unpaired) electrons. The van der Waals surface area contributed by atoms with Crippen LogP contribution in [-0.2, 0) is 0 Å². The molecule has 0 spiro atoms. The lowest BCUT2D eigenvalue weighted by Gasteiger charge is -2.27. The zero-order chi connectivity index (χ0) is 48.0. The lowest BCUT2D eigenvalue weighted by Crippen LogP contribution is -2.29. The number of fused-ring (bicyclic) bond motifs is 3. The van der Waals surface area contributed by atoms with Crippen LogP contribution < -0.4 is 28.4 Å². The van der Waals surface area contributed by atoms with Crippen LogP contribution in [0.1, 0.15) is 271 Å². The fraction of sp³-hybridized carbons (Fsp3) is 0.800. The Morgan fingerprint density at radius 3 is 1.07 bits per heavy atom. The SMILES string of the molecule is CCCCCCCCCCCCCCC1COc2c(csc2-c2sc(-c3scc4c3OC(CCCCCCCCCCCCCC)CO4)c3c2OC(CCCCCCCCCCCCCC)CO3)O1. The highest BCUT2D eigenvalue weighted by Crippen LogP contribution is 2.62. The fourth-order valence-corrected chi connectivity index (χ4v) is 13.9. The molecule has 69 heavy (non-hydrogen) atoms. The van der Waals surface area contributed by atoms with Gasteiger partial charge in [0.2, 0.25) is 0 Å². The summed E-state index contributed by atoms with van der Waals surface area (Å²) >= 11 is 5.17. The highest BCUT2D eigenvalue weighted by atomic mass is 32.1. The quantitative estimate of drug-likeness (QED) is 0.0528. The summed E-state index contributed by atoms with van der Waals surface area (Å²) in [7, 11) is 0. The van der Waals surface area contributed by atoms with Gasteiger partial charge < -0.3 is 28.4 Å². The van der Waals surface area contributed by atoms with Gasteiger partial charge in [-0.3, -0.25) is 0 Å². The second kappa shape index (κ2) is 34.3. The molecule has 3 unspecified atom stereocenters. The van der Waals surface area contributed by atoms with Crippen LogP contribution in [0, 0.1) is 0 Å². The number of rotatable bonds is 41. The van der Waals surface area contributed by atoms with Gasteiger partial charge in [-0.1, -0.05) is 233 Å². The Morgan fingerprint density at radius 2 is 0.638 bits per heavy atom. The molecule has 6 heterocycles. The smallest absolute Gasteiger partial charge is 0.182 e. The van der Waals surface area contributed by atoms with Crippen LogP contribution in [0.2, 0.25) is 0 Å². The fourth-order valence-electron chi connectivity index (χ4n) is 10.6. The Bertz CT molecular complexity index is 1760. The highest BCUT2D eigenvalue weighted by molar-refractivity contribution is 7.27. The van der Waals surface area contributed by atoms with Gasteiger partial charge in [0.15, 0.2) is 34.5 Å². The van der Waals surface area contributed by atoms with E-state index in [2.05, 4.69) is 31.5 Å². The standard InChI is InChI=1S/C60H98O6S3/c1-4-7-10-13-16-19-22-25-28-31-34-37-40-48-44-62-53-52(64-48)47-68-57(53)60-56-55(63-45-50(66-56)42-39-36-33-30-27-24-21-18-15-12-9-6-3)59(69-60)58-54-51(46-67-58)61-43-49(65-54)41-38-35-32-29-26-23-20-17-14-11-8-5-2/h46-50H,4-45H2,1-3H3. The number of hydrogen-bond donors (Lipinski definition) is 0. The Kier molecular flexibility index (Phi) is 28.0. The van der Waals surface area contributed by atoms with Crippen LogP contribution in [0.5, 0.6) is 34.5 Å². The van der Waals surface area contributed by atoms with Crippen LogP contribution >= 0.6 is 34.0 Å². The van der Waals surface area contributed by atoms with Crippen molar-refractivity contribution in [1.82, 2.24) is 0 Å². The van der Waals surface area contributed by atoms with Crippen molar-refractivity contribution in [1.29, 1.82) is 0 Å². The van der Waals surface area contributed by atoms with Crippen molar-refractivity contribution in [3.63, 3.8) is 0 Å². The van der Waals surface area contributed by atoms with Crippen molar-refractivity contribution < 1.29 is 28.4 Å². The van der Waals surface area contributed by atoms with E-state index in [1.807, 2.05) is 0 Å². The molecule has 0 aliphatic carbocycles. The van der Waals surface area contributed by atoms with Crippen LogP contribution in [0.4, 0.5) is 0 Å². The summed E-state index contributed by atoms with van der Waals surface area (Å²) in [5, 5.41) is 4.28. The first-order valence-corrected chi connectivity index (χ1v) is 32.1. The molecule has 0 saturated heterocycles. The van der Waals surface area contributed by atoms with Gasteiger partial charge in [0.05, 0.1) is 19.5 Å². The number of hydrogen-bond acceptors (Lipinski definition) is 9. The minimum Gasteiger partial charge on any atom is -0.485 e. The summed E-state index contributed by atoms with van der Waals surface area (Å²) in [5.41, 5.74) is 0. The summed E-state index contributed by atoms with van der Waals surface area (Å²) in [6.45, 7) is 8.68. The first-order valence-electron chi connectivity index (χ1n) is 29.5. The van der Waals surface area contributed by atoms with Gasteiger partial charge in [0.25, 0.3) is 0 Å². The second-order valence-electron chi connectivity index (χ2n) is 21.1. The Hall–Kier alpha value is -2.10. The van der Waals surface area contributed by atoms with Gasteiger partial charge in [-0.2, -0.15) is 0 Å². The minimum absolute atomic E-state index is 0.0338. The molecular formula is C60H98O6S3. The topological polar surface area (TPSA) is 55.4 Å². The summed E-state index contributed by atoms with van der Waals surface area (Å²) in [4.78, 5) is 4.34. The van der Waals surface area contributed by atoms with Crippen molar-refractivity contribution in [2.24, 2.45) is 0 Å². The van der Waals surface area contributed by atoms with Crippen molar-refractivity contribution in [2.45, 2.75) is 289 Å². The van der Waals surface area contributed by atoms with E-state index >= 15 is 0 Å². The molecule has 3 aromatic rings. The molecule has 3 aliphatic heterocycles. The average Bonchev–Trinajstić information content (AvgIpc) is 4.09. The maximum atomic E-state index is 7.02. The largest absolute Gasteiger partial charge is 0.485 e. The summed E-state index contributed by atoms with van der Waals surface area (Å²) in [5.74, 6) is 5.19. The van der Waals surface area contributed by atoms with E-state index in [0.29, 0.717) is 19.8 Å². The molecule has 3 aromatic heterocycles. The zero-order valence-corrected chi connectivity index (χ0v) is 46.7. The van der Waals surface area contributed by atoms with Gasteiger partial charge >= 0.3 is 0 Å². The molecule has 0 saturated carbocycles. The summed E-state index contributed by atoms with van der Waals surface area (Å²) in [6.07, 6.45) is 52.2. The second-order valence-corrected chi connectivity index (χ2v) is 23.9. The highest BCUT2D eigenvalue weighted by Gasteiger charge is 2.37. The third-order valence-corrected chi connectivity index (χ3v) is 18.3. The normalized spacial score (nSPS) is 17.2. The first-order chi connectivity index (χ1) is 34.2. The molecule has 0 aromatic carbocycles. The monoisotopic (exact) mass is 1010 g/mol. The van der Waals surface area contributed by atoms with Crippen molar-refractivity contribution >= 4 is 34.0 Å². The number of ether oxygens (including phenoxy) is 6. The summed E-state index contributed by atoms with van der Waals surface area (Å²) < 4.78 is 40.3. The van der Waals surface area contributed by atoms with Gasteiger partial charge in [-0.05, 0) is 38.5 Å². The van der Waals surface area contributed by atoms with E-state index in [0.717, 1.165) is 73.3 Å². The molecule has 3 aliphatic rings. The van der Waals surface area contributed by atoms with Crippen molar-refractivity contribution in [2.75, 3.05) is 19.8 Å². The molecule has 392 valence electrons. The molecular weight excluding hydrogens is 913 g/mol. The molecule has 0 bridgehead atoms. The predicted molar refractivity (Wildman–Crippen MR) is 298 cm³/mol. The molecule has 0 N–H and O–H groups in total. The van der Waals surface area contributed by atoms with Gasteiger partial charge in [0, 0.05) is 10.8 Å². The van der Waals surface area contributed by atoms with Crippen LogP contribution in [-0.4, -0.2) is 38.1 Å². The van der Waals surface area contributed by atoms with Crippen LogP contribution in [0.25, 0.3) is 19.5 Å². The van der Waals surface area contributed by atoms with Gasteiger partial charge in [-0.25, -0.2) is 0 Å². The number of thiophene rings is 3. The van der Waals surface area contributed by atoms with Gasteiger partial charge in [-0.15, -0.1) is 34.0 Å². The van der Waals surface area contributed by atoms with Gasteiger partial charge in [0.1, 0.15) is 38.1 Å². The van der Waals surface area contributed by atoms with Crippen molar-refractivity contribution in [3.8, 4) is 54.0 Å². The van der Waals surface area contributed by atoms with E-state index in [9.17, 15) is 0 Å². The molecule has 6 rings (SSSR count). The summed E-state index contributed by atoms with van der Waals surface area (Å²) in [6, 6.07) is 0. The van der Waals surface area contributed by atoms with Crippen LogP contribution in [0.15, 0.2) is 10.8 Å². The van der Waals surface area contributed by atoms with E-state index in [1.54, 1.807) is 34.0 Å². The predicted octanol–water partition coefficient (Wildman–Crippen LogP) is 20.9. The van der Waals surface area contributed by atoms with E-state index in [-0.39, 0.29) is 18.3 Å². The third-order valence-electron chi connectivity index (χ3n) is 14.9. The maximum absolute atomic E-state index is 7.02. The maximum Gasteiger partial charge on any atom is 0.182 e. The van der Waals surface area contributed by atoms with Crippen molar-refractivity contribution in [3.05, 3.63) is 10.8 Å². The molecule has 0 fully saturated rings.